The van der Waals surface area contributed by atoms with Crippen molar-refractivity contribution >= 4 is 17.2 Å². The normalized spacial score (nSPS) is 11.6. The van der Waals surface area contributed by atoms with Gasteiger partial charge in [-0.15, -0.1) is 11.3 Å². The van der Waals surface area contributed by atoms with Crippen molar-refractivity contribution in [2.45, 2.75) is 13.8 Å². The number of rotatable bonds is 3. The molecule has 2 aromatic carbocycles. The van der Waals surface area contributed by atoms with Crippen molar-refractivity contribution in [1.29, 1.82) is 0 Å². The first-order valence-electron chi connectivity index (χ1n) is 7.96. The van der Waals surface area contributed by atoms with Gasteiger partial charge in [0.05, 0.1) is 12.8 Å². The van der Waals surface area contributed by atoms with Crippen LogP contribution in [0, 0.1) is 13.8 Å². The lowest BCUT2D eigenvalue weighted by Gasteiger charge is -2.05. The van der Waals surface area contributed by atoms with Crippen LogP contribution in [0.3, 0.4) is 0 Å². The minimum absolute atomic E-state index is 0.255. The summed E-state index contributed by atoms with van der Waals surface area (Å²) in [7, 11) is 3.54. The standard InChI is InChI=1S/C20H20N2O2S/c1-13-5-7-15(8-6-13)18-14(2)25-20(22(18)3)21-19(23)16-9-11-17(24-4)12-10-16/h5-12H,1-4H3. The average Bonchev–Trinajstić information content (AvgIpc) is 2.89. The van der Waals surface area contributed by atoms with Crippen molar-refractivity contribution in [3.05, 3.63) is 69.3 Å². The zero-order valence-electron chi connectivity index (χ0n) is 14.7. The average molecular weight is 352 g/mol. The van der Waals surface area contributed by atoms with Crippen LogP contribution in [0.1, 0.15) is 20.8 Å². The summed E-state index contributed by atoms with van der Waals surface area (Å²) < 4.78 is 7.10. The van der Waals surface area contributed by atoms with Crippen molar-refractivity contribution in [2.75, 3.05) is 7.11 Å². The topological polar surface area (TPSA) is 43.6 Å². The Hall–Kier alpha value is -2.66. The van der Waals surface area contributed by atoms with E-state index in [1.165, 1.54) is 16.9 Å². The van der Waals surface area contributed by atoms with Gasteiger partial charge in [0.1, 0.15) is 5.75 Å². The summed E-state index contributed by atoms with van der Waals surface area (Å²) >= 11 is 1.52. The van der Waals surface area contributed by atoms with E-state index < -0.39 is 0 Å². The molecular weight excluding hydrogens is 332 g/mol. The van der Waals surface area contributed by atoms with Gasteiger partial charge in [0.2, 0.25) is 0 Å². The van der Waals surface area contributed by atoms with Gasteiger partial charge in [-0.3, -0.25) is 4.79 Å². The van der Waals surface area contributed by atoms with E-state index in [0.717, 1.165) is 21.9 Å². The second kappa shape index (κ2) is 7.07. The number of aryl methyl sites for hydroxylation is 2. The Morgan fingerprint density at radius 2 is 1.68 bits per heavy atom. The zero-order chi connectivity index (χ0) is 18.0. The van der Waals surface area contributed by atoms with Gasteiger partial charge in [-0.05, 0) is 43.7 Å². The molecule has 3 rings (SSSR count). The summed E-state index contributed by atoms with van der Waals surface area (Å²) in [6.07, 6.45) is 0. The first-order valence-corrected chi connectivity index (χ1v) is 8.78. The summed E-state index contributed by atoms with van der Waals surface area (Å²) in [6, 6.07) is 15.4. The molecule has 0 aliphatic heterocycles. The molecule has 1 amide bonds. The van der Waals surface area contributed by atoms with E-state index in [4.69, 9.17) is 4.74 Å². The van der Waals surface area contributed by atoms with Crippen molar-refractivity contribution in [3.63, 3.8) is 0 Å². The van der Waals surface area contributed by atoms with Crippen LogP contribution in [0.2, 0.25) is 0 Å². The smallest absolute Gasteiger partial charge is 0.279 e. The van der Waals surface area contributed by atoms with Gasteiger partial charge in [0.25, 0.3) is 5.91 Å². The van der Waals surface area contributed by atoms with E-state index >= 15 is 0 Å². The second-order valence-corrected chi connectivity index (χ2v) is 7.04. The Labute approximate surface area is 151 Å². The predicted octanol–water partition coefficient (Wildman–Crippen LogP) is 4.12. The molecule has 0 spiro atoms. The molecule has 3 aromatic rings. The molecular formula is C20H20N2O2S. The number of carbonyl (C=O) groups excluding carboxylic acids is 1. The van der Waals surface area contributed by atoms with Gasteiger partial charge >= 0.3 is 0 Å². The lowest BCUT2D eigenvalue weighted by atomic mass is 10.1. The van der Waals surface area contributed by atoms with Crippen LogP contribution in [0.25, 0.3) is 11.3 Å². The Kier molecular flexibility index (Phi) is 4.86. The van der Waals surface area contributed by atoms with Crippen LogP contribution in [0.4, 0.5) is 0 Å². The van der Waals surface area contributed by atoms with E-state index in [2.05, 4.69) is 43.1 Å². The van der Waals surface area contributed by atoms with Crippen LogP contribution < -0.4 is 9.54 Å². The fraction of sp³-hybridized carbons (Fsp3) is 0.200. The molecule has 0 aliphatic carbocycles. The highest BCUT2D eigenvalue weighted by molar-refractivity contribution is 7.09. The van der Waals surface area contributed by atoms with Crippen LogP contribution in [0.5, 0.6) is 5.75 Å². The third kappa shape index (κ3) is 3.56. The summed E-state index contributed by atoms with van der Waals surface area (Å²) in [5.41, 5.74) is 3.98. The maximum absolute atomic E-state index is 12.5. The van der Waals surface area contributed by atoms with Gasteiger partial charge in [-0.2, -0.15) is 4.99 Å². The van der Waals surface area contributed by atoms with E-state index in [-0.39, 0.29) is 5.91 Å². The highest BCUT2D eigenvalue weighted by Gasteiger charge is 2.11. The molecule has 1 aromatic heterocycles. The number of benzene rings is 2. The molecule has 0 radical (unpaired) electrons. The maximum atomic E-state index is 12.5. The monoisotopic (exact) mass is 352 g/mol. The van der Waals surface area contributed by atoms with Crippen LogP contribution in [-0.4, -0.2) is 17.6 Å². The number of ether oxygens (including phenoxy) is 1. The van der Waals surface area contributed by atoms with Gasteiger partial charge < -0.3 is 9.30 Å². The van der Waals surface area contributed by atoms with Gasteiger partial charge in [0, 0.05) is 17.5 Å². The van der Waals surface area contributed by atoms with Crippen molar-refractivity contribution in [2.24, 2.45) is 12.0 Å². The summed E-state index contributed by atoms with van der Waals surface area (Å²) in [6.45, 7) is 4.12. The number of hydrogen-bond donors (Lipinski definition) is 0. The minimum Gasteiger partial charge on any atom is -0.497 e. The number of methoxy groups -OCH3 is 1. The zero-order valence-corrected chi connectivity index (χ0v) is 15.6. The number of aromatic nitrogens is 1. The van der Waals surface area contributed by atoms with E-state index in [9.17, 15) is 4.79 Å². The number of amides is 1. The molecule has 1 heterocycles. The molecule has 0 bridgehead atoms. The Morgan fingerprint density at radius 1 is 1.04 bits per heavy atom. The Bertz CT molecular complexity index is 964. The molecule has 0 atom stereocenters. The molecule has 5 heteroatoms. The highest BCUT2D eigenvalue weighted by Crippen LogP contribution is 2.24. The van der Waals surface area contributed by atoms with E-state index in [1.807, 2.05) is 11.6 Å². The largest absolute Gasteiger partial charge is 0.497 e. The van der Waals surface area contributed by atoms with Crippen LogP contribution in [0.15, 0.2) is 53.5 Å². The SMILES string of the molecule is COc1ccc(C(=O)N=c2sc(C)c(-c3ccc(C)cc3)n2C)cc1. The fourth-order valence-corrected chi connectivity index (χ4v) is 3.66. The van der Waals surface area contributed by atoms with E-state index in [1.54, 1.807) is 31.4 Å². The maximum Gasteiger partial charge on any atom is 0.279 e. The quantitative estimate of drug-likeness (QED) is 0.712. The molecule has 128 valence electrons. The highest BCUT2D eigenvalue weighted by atomic mass is 32.1. The molecule has 0 aliphatic rings. The van der Waals surface area contributed by atoms with E-state index in [0.29, 0.717) is 10.4 Å². The van der Waals surface area contributed by atoms with Crippen molar-refractivity contribution < 1.29 is 9.53 Å². The lowest BCUT2D eigenvalue weighted by molar-refractivity contribution is 0.0998. The molecule has 0 N–H and O–H groups in total. The number of nitrogens with zero attached hydrogens (tertiary/aromatic N) is 2. The number of thiazole rings is 1. The first kappa shape index (κ1) is 17.2. The second-order valence-electron chi connectivity index (χ2n) is 5.86. The number of carbonyl (C=O) groups is 1. The molecule has 0 saturated carbocycles. The van der Waals surface area contributed by atoms with Crippen LogP contribution in [-0.2, 0) is 7.05 Å². The molecule has 25 heavy (non-hydrogen) atoms. The van der Waals surface area contributed by atoms with Gasteiger partial charge in [-0.1, -0.05) is 29.8 Å². The third-order valence-corrected chi connectivity index (χ3v) is 5.11. The van der Waals surface area contributed by atoms with Crippen LogP contribution >= 0.6 is 11.3 Å². The van der Waals surface area contributed by atoms with Crippen molar-refractivity contribution in [3.8, 4) is 17.0 Å². The summed E-state index contributed by atoms with van der Waals surface area (Å²) in [5, 5.41) is 0. The fourth-order valence-electron chi connectivity index (χ4n) is 2.68. The van der Waals surface area contributed by atoms with Gasteiger partial charge in [0.15, 0.2) is 4.80 Å². The molecule has 4 nitrogen and oxygen atoms in total. The Balaban J connectivity index is 1.99. The Morgan fingerprint density at radius 3 is 2.28 bits per heavy atom. The summed E-state index contributed by atoms with van der Waals surface area (Å²) in [4.78, 5) is 18.6. The number of hydrogen-bond acceptors (Lipinski definition) is 3. The minimum atomic E-state index is -0.255. The molecule has 0 fully saturated rings. The molecule has 0 saturated heterocycles. The van der Waals surface area contributed by atoms with Crippen molar-refractivity contribution in [1.82, 2.24) is 4.57 Å². The lowest BCUT2D eigenvalue weighted by Crippen LogP contribution is -2.14. The first-order chi connectivity index (χ1) is 12.0. The summed E-state index contributed by atoms with van der Waals surface area (Å²) in [5.74, 6) is 0.464. The predicted molar refractivity (Wildman–Crippen MR) is 101 cm³/mol. The third-order valence-electron chi connectivity index (χ3n) is 4.06. The van der Waals surface area contributed by atoms with Gasteiger partial charge in [-0.25, -0.2) is 0 Å². The molecule has 0 unspecified atom stereocenters.